The van der Waals surface area contributed by atoms with E-state index < -0.39 is 12.1 Å². The van der Waals surface area contributed by atoms with Gasteiger partial charge in [-0.2, -0.15) is 18.2 Å². The molecule has 1 aliphatic rings. The average Bonchev–Trinajstić information content (AvgIpc) is 3.15. The van der Waals surface area contributed by atoms with Crippen LogP contribution in [0.4, 0.5) is 13.2 Å². The van der Waals surface area contributed by atoms with Crippen LogP contribution in [0.15, 0.2) is 28.9 Å². The van der Waals surface area contributed by atoms with E-state index in [9.17, 15) is 18.0 Å². The van der Waals surface area contributed by atoms with Crippen LogP contribution >= 0.6 is 0 Å². The van der Waals surface area contributed by atoms with Crippen molar-refractivity contribution in [3.63, 3.8) is 0 Å². The number of rotatable bonds is 2. The Morgan fingerprint density at radius 3 is 2.82 bits per heavy atom. The summed E-state index contributed by atoms with van der Waals surface area (Å²) in [5.74, 6) is -2.02. The summed E-state index contributed by atoms with van der Waals surface area (Å²) in [6.45, 7) is 0.655. The summed E-state index contributed by atoms with van der Waals surface area (Å²) in [6.07, 6.45) is -2.67. The Morgan fingerprint density at radius 2 is 2.18 bits per heavy atom. The zero-order valence-electron chi connectivity index (χ0n) is 11.2. The molecule has 0 radical (unpaired) electrons. The number of nitrogens with zero attached hydrogens (tertiary/aromatic N) is 4. The van der Waals surface area contributed by atoms with E-state index in [2.05, 4.69) is 19.6 Å². The zero-order valence-corrected chi connectivity index (χ0v) is 11.2. The van der Waals surface area contributed by atoms with E-state index in [-0.39, 0.29) is 24.2 Å². The lowest BCUT2D eigenvalue weighted by atomic mass is 10.1. The quantitative estimate of drug-likeness (QED) is 0.849. The Kier molecular flexibility index (Phi) is 3.55. The Hall–Kier alpha value is -2.45. The predicted molar refractivity (Wildman–Crippen MR) is 66.8 cm³/mol. The number of amides is 1. The summed E-state index contributed by atoms with van der Waals surface area (Å²) in [6, 6.07) is 4.98. The molecule has 0 N–H and O–H groups in total. The maximum Gasteiger partial charge on any atom is 0.471 e. The smallest absolute Gasteiger partial charge is 0.337 e. The number of likely N-dealkylation sites (tertiary alicyclic amines) is 1. The minimum atomic E-state index is -4.66. The first kappa shape index (κ1) is 14.5. The molecule has 2 aromatic heterocycles. The number of aromatic nitrogens is 3. The second-order valence-electron chi connectivity index (χ2n) is 4.91. The van der Waals surface area contributed by atoms with Crippen molar-refractivity contribution in [1.82, 2.24) is 20.0 Å². The number of carbonyl (C=O) groups is 1. The Labute approximate surface area is 122 Å². The van der Waals surface area contributed by atoms with E-state index in [1.165, 1.54) is 11.1 Å². The van der Waals surface area contributed by atoms with Crippen LogP contribution in [0.1, 0.15) is 34.5 Å². The molecule has 22 heavy (non-hydrogen) atoms. The molecule has 9 heteroatoms. The van der Waals surface area contributed by atoms with E-state index in [1.54, 1.807) is 18.2 Å². The van der Waals surface area contributed by atoms with Crippen molar-refractivity contribution >= 4 is 5.91 Å². The second kappa shape index (κ2) is 5.39. The molecule has 116 valence electrons. The monoisotopic (exact) mass is 312 g/mol. The molecule has 1 aliphatic heterocycles. The van der Waals surface area contributed by atoms with E-state index in [0.29, 0.717) is 18.7 Å². The molecule has 0 bridgehead atoms. The average molecular weight is 312 g/mol. The third-order valence-electron chi connectivity index (χ3n) is 3.41. The van der Waals surface area contributed by atoms with Gasteiger partial charge in [0.05, 0.1) is 0 Å². The minimum Gasteiger partial charge on any atom is -0.337 e. The fourth-order valence-corrected chi connectivity index (χ4v) is 2.32. The SMILES string of the molecule is O=C(c1ccccn1)N1CC[C@@H](c2noc(C(F)(F)F)n2)C1. The lowest BCUT2D eigenvalue weighted by molar-refractivity contribution is -0.159. The topological polar surface area (TPSA) is 72.1 Å². The fourth-order valence-electron chi connectivity index (χ4n) is 2.32. The van der Waals surface area contributed by atoms with Gasteiger partial charge >= 0.3 is 12.1 Å². The maximum absolute atomic E-state index is 12.4. The lowest BCUT2D eigenvalue weighted by Crippen LogP contribution is -2.29. The van der Waals surface area contributed by atoms with Crippen molar-refractivity contribution in [3.8, 4) is 0 Å². The fraction of sp³-hybridized carbons (Fsp3) is 0.385. The molecular formula is C13H11F3N4O2. The van der Waals surface area contributed by atoms with Gasteiger partial charge in [0.1, 0.15) is 5.69 Å². The largest absolute Gasteiger partial charge is 0.471 e. The summed E-state index contributed by atoms with van der Waals surface area (Å²) in [5.41, 5.74) is 0.298. The molecule has 2 aromatic rings. The Balaban J connectivity index is 1.70. The molecule has 0 spiro atoms. The molecule has 3 rings (SSSR count). The van der Waals surface area contributed by atoms with Crippen LogP contribution in [-0.4, -0.2) is 39.0 Å². The summed E-state index contributed by atoms with van der Waals surface area (Å²) in [4.78, 5) is 21.1. The van der Waals surface area contributed by atoms with Gasteiger partial charge in [-0.3, -0.25) is 9.78 Å². The van der Waals surface area contributed by atoms with Gasteiger partial charge in [0, 0.05) is 25.2 Å². The van der Waals surface area contributed by atoms with Gasteiger partial charge in [-0.15, -0.1) is 0 Å². The number of hydrogen-bond donors (Lipinski definition) is 0. The van der Waals surface area contributed by atoms with Crippen molar-refractivity contribution in [2.45, 2.75) is 18.5 Å². The van der Waals surface area contributed by atoms with E-state index in [1.807, 2.05) is 0 Å². The normalized spacial score (nSPS) is 18.7. The highest BCUT2D eigenvalue weighted by Gasteiger charge is 2.40. The van der Waals surface area contributed by atoms with Crippen LogP contribution in [0, 0.1) is 0 Å². The van der Waals surface area contributed by atoms with Crippen LogP contribution in [-0.2, 0) is 6.18 Å². The highest BCUT2D eigenvalue weighted by molar-refractivity contribution is 5.92. The summed E-state index contributed by atoms with van der Waals surface area (Å²) >= 11 is 0. The van der Waals surface area contributed by atoms with Crippen molar-refractivity contribution in [1.29, 1.82) is 0 Å². The standard InChI is InChI=1S/C13H11F3N4O2/c14-13(15,16)12-18-10(19-22-12)8-4-6-20(7-8)11(21)9-3-1-2-5-17-9/h1-3,5,8H,4,6-7H2/t8-/m1/s1. The molecular weight excluding hydrogens is 301 g/mol. The molecule has 1 fully saturated rings. The number of alkyl halides is 3. The van der Waals surface area contributed by atoms with Crippen LogP contribution in [0.2, 0.25) is 0 Å². The summed E-state index contributed by atoms with van der Waals surface area (Å²) < 4.78 is 41.6. The van der Waals surface area contributed by atoms with Crippen LogP contribution in [0.3, 0.4) is 0 Å². The zero-order chi connectivity index (χ0) is 15.7. The summed E-state index contributed by atoms with van der Waals surface area (Å²) in [7, 11) is 0. The number of hydrogen-bond acceptors (Lipinski definition) is 5. The third-order valence-corrected chi connectivity index (χ3v) is 3.41. The first-order chi connectivity index (χ1) is 10.4. The molecule has 1 amide bonds. The lowest BCUT2D eigenvalue weighted by Gasteiger charge is -2.14. The van der Waals surface area contributed by atoms with E-state index in [4.69, 9.17) is 0 Å². The molecule has 3 heterocycles. The number of halogens is 3. The molecule has 0 aliphatic carbocycles. The highest BCUT2D eigenvalue weighted by Crippen LogP contribution is 2.31. The second-order valence-corrected chi connectivity index (χ2v) is 4.91. The first-order valence-electron chi connectivity index (χ1n) is 6.56. The van der Waals surface area contributed by atoms with Crippen LogP contribution < -0.4 is 0 Å². The molecule has 1 saturated heterocycles. The highest BCUT2D eigenvalue weighted by atomic mass is 19.4. The van der Waals surface area contributed by atoms with Crippen molar-refractivity contribution < 1.29 is 22.5 Å². The molecule has 0 saturated carbocycles. The minimum absolute atomic E-state index is 0.0244. The molecule has 6 nitrogen and oxygen atoms in total. The van der Waals surface area contributed by atoms with E-state index in [0.717, 1.165) is 0 Å². The molecule has 0 unspecified atom stereocenters. The van der Waals surface area contributed by atoms with Gasteiger partial charge in [-0.1, -0.05) is 11.2 Å². The van der Waals surface area contributed by atoms with Crippen molar-refractivity contribution in [2.24, 2.45) is 0 Å². The predicted octanol–water partition coefficient (Wildman–Crippen LogP) is 2.11. The molecule has 1 atom stereocenters. The summed E-state index contributed by atoms with van der Waals surface area (Å²) in [5, 5.41) is 3.37. The molecule has 0 aromatic carbocycles. The van der Waals surface area contributed by atoms with Crippen LogP contribution in [0.25, 0.3) is 0 Å². The van der Waals surface area contributed by atoms with Gasteiger partial charge in [-0.25, -0.2) is 0 Å². The Morgan fingerprint density at radius 1 is 1.36 bits per heavy atom. The first-order valence-corrected chi connectivity index (χ1v) is 6.56. The third kappa shape index (κ3) is 2.78. The van der Waals surface area contributed by atoms with Gasteiger partial charge in [0.15, 0.2) is 5.82 Å². The van der Waals surface area contributed by atoms with E-state index >= 15 is 0 Å². The maximum atomic E-state index is 12.4. The van der Waals surface area contributed by atoms with Gasteiger partial charge in [0.2, 0.25) is 0 Å². The number of pyridine rings is 1. The van der Waals surface area contributed by atoms with Gasteiger partial charge in [0.25, 0.3) is 5.91 Å². The van der Waals surface area contributed by atoms with Crippen LogP contribution in [0.5, 0.6) is 0 Å². The number of carbonyl (C=O) groups excluding carboxylic acids is 1. The van der Waals surface area contributed by atoms with Gasteiger partial charge < -0.3 is 9.42 Å². The van der Waals surface area contributed by atoms with Gasteiger partial charge in [-0.05, 0) is 18.6 Å². The van der Waals surface area contributed by atoms with Crippen molar-refractivity contribution in [2.75, 3.05) is 13.1 Å². The van der Waals surface area contributed by atoms with Crippen molar-refractivity contribution in [3.05, 3.63) is 41.8 Å². The Bertz CT molecular complexity index is 671.